The Bertz CT molecular complexity index is 326. The minimum atomic E-state index is -0.404. The summed E-state index contributed by atoms with van der Waals surface area (Å²) in [6.45, 7) is 3.79. The predicted octanol–water partition coefficient (Wildman–Crippen LogP) is 2.10. The van der Waals surface area contributed by atoms with E-state index in [1.807, 2.05) is 26.0 Å². The van der Waals surface area contributed by atoms with Crippen LogP contribution in [-0.2, 0) is 0 Å². The van der Waals surface area contributed by atoms with Crippen molar-refractivity contribution in [2.45, 2.75) is 19.4 Å². The summed E-state index contributed by atoms with van der Waals surface area (Å²) < 4.78 is 0. The molecule has 4 N–H and O–H groups in total. The lowest BCUT2D eigenvalue weighted by Gasteiger charge is -2.25. The molecule has 0 aromatic heterocycles. The molecule has 0 spiro atoms. The number of anilines is 2. The largest absolute Gasteiger partial charge is 0.396 e. The number of aliphatic hydroxyl groups is 1. The molecule has 78 valence electrons. The average Bonchev–Trinajstić information content (AvgIpc) is 2.13. The second-order valence-corrected chi connectivity index (χ2v) is 4.28. The van der Waals surface area contributed by atoms with Gasteiger partial charge in [-0.1, -0.05) is 17.7 Å². The van der Waals surface area contributed by atoms with Gasteiger partial charge in [0.15, 0.2) is 0 Å². The first-order valence-corrected chi connectivity index (χ1v) is 4.77. The molecule has 0 amide bonds. The topological polar surface area (TPSA) is 58.3 Å². The molecule has 0 bridgehead atoms. The molecule has 14 heavy (non-hydrogen) atoms. The lowest BCUT2D eigenvalue weighted by Crippen LogP contribution is -2.35. The van der Waals surface area contributed by atoms with Crippen molar-refractivity contribution in [2.24, 2.45) is 0 Å². The van der Waals surface area contributed by atoms with Crippen molar-refractivity contribution < 1.29 is 5.11 Å². The van der Waals surface area contributed by atoms with Crippen LogP contribution in [0.25, 0.3) is 0 Å². The first-order valence-electron chi connectivity index (χ1n) is 4.39. The monoisotopic (exact) mass is 214 g/mol. The Morgan fingerprint density at radius 3 is 2.71 bits per heavy atom. The van der Waals surface area contributed by atoms with Crippen LogP contribution in [0.5, 0.6) is 0 Å². The van der Waals surface area contributed by atoms with Gasteiger partial charge >= 0.3 is 0 Å². The summed E-state index contributed by atoms with van der Waals surface area (Å²) in [7, 11) is 0. The van der Waals surface area contributed by atoms with Gasteiger partial charge in [-0.15, -0.1) is 0 Å². The Morgan fingerprint density at radius 1 is 1.50 bits per heavy atom. The molecular weight excluding hydrogens is 200 g/mol. The van der Waals surface area contributed by atoms with Crippen molar-refractivity contribution in [3.63, 3.8) is 0 Å². The molecule has 0 unspecified atom stereocenters. The number of halogens is 1. The van der Waals surface area contributed by atoms with E-state index in [-0.39, 0.29) is 6.61 Å². The highest BCUT2D eigenvalue weighted by atomic mass is 35.5. The molecular formula is C10H15ClN2O. The third-order valence-corrected chi connectivity index (χ3v) is 2.25. The van der Waals surface area contributed by atoms with Crippen molar-refractivity contribution in [3.05, 3.63) is 23.2 Å². The van der Waals surface area contributed by atoms with E-state index in [0.717, 1.165) is 5.69 Å². The van der Waals surface area contributed by atoms with Crippen molar-refractivity contribution in [3.8, 4) is 0 Å². The van der Waals surface area contributed by atoms with E-state index in [0.29, 0.717) is 10.7 Å². The zero-order valence-corrected chi connectivity index (χ0v) is 9.10. The summed E-state index contributed by atoms with van der Waals surface area (Å²) >= 11 is 5.86. The smallest absolute Gasteiger partial charge is 0.0739 e. The van der Waals surface area contributed by atoms with E-state index >= 15 is 0 Å². The minimum absolute atomic E-state index is 0.0267. The fraction of sp³-hybridized carbons (Fsp3) is 0.400. The number of nitrogens with two attached hydrogens (primary N) is 1. The van der Waals surface area contributed by atoms with Crippen LogP contribution < -0.4 is 11.1 Å². The van der Waals surface area contributed by atoms with E-state index in [1.165, 1.54) is 0 Å². The molecule has 4 heteroatoms. The Labute approximate surface area is 88.9 Å². The van der Waals surface area contributed by atoms with Gasteiger partial charge in [0.1, 0.15) is 0 Å². The number of nitrogen functional groups attached to an aromatic ring is 1. The van der Waals surface area contributed by atoms with Crippen molar-refractivity contribution >= 4 is 23.0 Å². The highest BCUT2D eigenvalue weighted by molar-refractivity contribution is 6.33. The molecule has 0 saturated carbocycles. The van der Waals surface area contributed by atoms with Gasteiger partial charge in [-0.05, 0) is 26.0 Å². The molecule has 0 aliphatic heterocycles. The Morgan fingerprint density at radius 2 is 2.14 bits per heavy atom. The van der Waals surface area contributed by atoms with Crippen molar-refractivity contribution in [2.75, 3.05) is 17.7 Å². The third kappa shape index (κ3) is 2.53. The Balaban J connectivity index is 2.92. The van der Waals surface area contributed by atoms with E-state index in [9.17, 15) is 0 Å². The number of hydrogen-bond acceptors (Lipinski definition) is 3. The first kappa shape index (κ1) is 11.1. The van der Waals surface area contributed by atoms with E-state index in [4.69, 9.17) is 22.4 Å². The summed E-state index contributed by atoms with van der Waals surface area (Å²) in [5.74, 6) is 0. The molecule has 0 aliphatic rings. The fourth-order valence-corrected chi connectivity index (χ4v) is 1.22. The van der Waals surface area contributed by atoms with Gasteiger partial charge in [-0.3, -0.25) is 0 Å². The number of aliphatic hydroxyl groups excluding tert-OH is 1. The summed E-state index contributed by atoms with van der Waals surface area (Å²) in [4.78, 5) is 0. The summed E-state index contributed by atoms with van der Waals surface area (Å²) in [5, 5.41) is 12.7. The lowest BCUT2D eigenvalue weighted by atomic mass is 10.1. The molecule has 0 saturated heterocycles. The highest BCUT2D eigenvalue weighted by Crippen LogP contribution is 2.28. The maximum Gasteiger partial charge on any atom is 0.0739 e. The van der Waals surface area contributed by atoms with Crippen LogP contribution in [0.2, 0.25) is 5.02 Å². The quantitative estimate of drug-likeness (QED) is 0.676. The number of rotatable bonds is 3. The van der Waals surface area contributed by atoms with Crippen LogP contribution in [-0.4, -0.2) is 17.3 Å². The molecule has 1 aromatic carbocycles. The van der Waals surface area contributed by atoms with Gasteiger partial charge in [0.25, 0.3) is 0 Å². The van der Waals surface area contributed by atoms with Gasteiger partial charge in [0.05, 0.1) is 28.5 Å². The number of nitrogens with one attached hydrogen (secondary N) is 1. The standard InChI is InChI=1S/C10H15ClN2O/c1-10(2,6-14)13-8-5-3-4-7(11)9(8)12/h3-5,13-14H,6,12H2,1-2H3. The van der Waals surface area contributed by atoms with E-state index in [1.54, 1.807) is 6.07 Å². The molecule has 0 atom stereocenters. The Kier molecular flexibility index (Phi) is 3.24. The van der Waals surface area contributed by atoms with Crippen LogP contribution in [0.3, 0.4) is 0 Å². The predicted molar refractivity (Wildman–Crippen MR) is 60.7 cm³/mol. The van der Waals surface area contributed by atoms with Crippen LogP contribution in [0, 0.1) is 0 Å². The molecule has 3 nitrogen and oxygen atoms in total. The summed E-state index contributed by atoms with van der Waals surface area (Å²) in [6, 6.07) is 5.38. The second-order valence-electron chi connectivity index (χ2n) is 3.87. The molecule has 1 rings (SSSR count). The third-order valence-electron chi connectivity index (χ3n) is 1.92. The number of benzene rings is 1. The van der Waals surface area contributed by atoms with Crippen LogP contribution >= 0.6 is 11.6 Å². The van der Waals surface area contributed by atoms with Gasteiger partial charge in [0, 0.05) is 0 Å². The normalized spacial score (nSPS) is 11.4. The lowest BCUT2D eigenvalue weighted by molar-refractivity contribution is 0.234. The Hall–Kier alpha value is -0.930. The SMILES string of the molecule is CC(C)(CO)Nc1cccc(Cl)c1N. The average molecular weight is 215 g/mol. The highest BCUT2D eigenvalue weighted by Gasteiger charge is 2.17. The molecule has 1 aromatic rings. The summed E-state index contributed by atoms with van der Waals surface area (Å²) in [6.07, 6.45) is 0. The van der Waals surface area contributed by atoms with Gasteiger partial charge in [0.2, 0.25) is 0 Å². The maximum absolute atomic E-state index is 9.08. The number of para-hydroxylation sites is 1. The van der Waals surface area contributed by atoms with Crippen molar-refractivity contribution in [1.29, 1.82) is 0 Å². The molecule has 0 heterocycles. The number of hydrogen-bond donors (Lipinski definition) is 3. The van der Waals surface area contributed by atoms with Gasteiger partial charge < -0.3 is 16.2 Å². The summed E-state index contributed by atoms with van der Waals surface area (Å²) in [5.41, 5.74) is 6.62. The molecule has 0 aliphatic carbocycles. The maximum atomic E-state index is 9.08. The van der Waals surface area contributed by atoms with E-state index < -0.39 is 5.54 Å². The van der Waals surface area contributed by atoms with E-state index in [2.05, 4.69) is 5.32 Å². The van der Waals surface area contributed by atoms with Crippen LogP contribution in [0.4, 0.5) is 11.4 Å². The van der Waals surface area contributed by atoms with Crippen LogP contribution in [0.1, 0.15) is 13.8 Å². The minimum Gasteiger partial charge on any atom is -0.396 e. The van der Waals surface area contributed by atoms with Crippen molar-refractivity contribution in [1.82, 2.24) is 0 Å². The fourth-order valence-electron chi connectivity index (χ4n) is 1.05. The second kappa shape index (κ2) is 4.07. The van der Waals surface area contributed by atoms with Gasteiger partial charge in [-0.25, -0.2) is 0 Å². The molecule has 0 fully saturated rings. The first-order chi connectivity index (χ1) is 6.46. The van der Waals surface area contributed by atoms with Crippen LogP contribution in [0.15, 0.2) is 18.2 Å². The molecule has 0 radical (unpaired) electrons. The van der Waals surface area contributed by atoms with Gasteiger partial charge in [-0.2, -0.15) is 0 Å². The zero-order chi connectivity index (χ0) is 10.8. The zero-order valence-electron chi connectivity index (χ0n) is 8.34.